The van der Waals surface area contributed by atoms with Gasteiger partial charge in [0, 0.05) is 17.8 Å². The second-order valence-electron chi connectivity index (χ2n) is 7.08. The highest BCUT2D eigenvalue weighted by atomic mass is 35.5. The van der Waals surface area contributed by atoms with E-state index in [4.69, 9.17) is 28.9 Å². The number of likely N-dealkylation sites (tertiary alicyclic amines) is 1. The van der Waals surface area contributed by atoms with Crippen molar-refractivity contribution in [1.29, 1.82) is 0 Å². The number of halogens is 4. The van der Waals surface area contributed by atoms with Crippen molar-refractivity contribution in [1.82, 2.24) is 19.9 Å². The van der Waals surface area contributed by atoms with E-state index in [1.165, 1.54) is 11.0 Å². The molecule has 3 N–H and O–H groups in total. The van der Waals surface area contributed by atoms with Crippen LogP contribution in [-0.2, 0) is 0 Å². The van der Waals surface area contributed by atoms with Crippen LogP contribution < -0.4 is 11.1 Å². The van der Waals surface area contributed by atoms with Crippen molar-refractivity contribution in [3.05, 3.63) is 63.5 Å². The largest absolute Gasteiger partial charge is 0.364 e. The molecule has 1 aliphatic heterocycles. The zero-order valence-electron chi connectivity index (χ0n) is 16.4. The summed E-state index contributed by atoms with van der Waals surface area (Å²) in [5.74, 6) is -1.91. The van der Waals surface area contributed by atoms with Gasteiger partial charge in [-0.2, -0.15) is 0 Å². The molecule has 0 aliphatic carbocycles. The summed E-state index contributed by atoms with van der Waals surface area (Å²) in [6.07, 6.45) is -0.675. The Bertz CT molecular complexity index is 1200. The number of nitrogens with two attached hydrogens (primary N) is 1. The maximum Gasteiger partial charge on any atom is 0.273 e. The molecule has 0 saturated carbocycles. The number of amides is 2. The molecule has 1 aromatic heterocycles. The molecule has 12 heteroatoms. The predicted octanol–water partition coefficient (Wildman–Crippen LogP) is 3.74. The number of carbonyl (C=O) groups excluding carboxylic acids is 2. The average molecular weight is 481 g/mol. The molecular formula is C20H16Cl2F2N6O2. The second-order valence-corrected chi connectivity index (χ2v) is 7.87. The van der Waals surface area contributed by atoms with Crippen LogP contribution in [0.15, 0.2) is 36.4 Å². The fraction of sp³-hybridized carbons (Fsp3) is 0.200. The third-order valence-corrected chi connectivity index (χ3v) is 5.54. The summed E-state index contributed by atoms with van der Waals surface area (Å²) < 4.78 is 27.2. The minimum Gasteiger partial charge on any atom is -0.364 e. The van der Waals surface area contributed by atoms with E-state index in [0.29, 0.717) is 24.2 Å². The minimum absolute atomic E-state index is 0.0206. The molecule has 1 aliphatic rings. The van der Waals surface area contributed by atoms with Gasteiger partial charge in [0.1, 0.15) is 22.7 Å². The summed E-state index contributed by atoms with van der Waals surface area (Å²) in [4.78, 5) is 26.7. The van der Waals surface area contributed by atoms with E-state index < -0.39 is 17.9 Å². The van der Waals surface area contributed by atoms with Gasteiger partial charge in [-0.05, 0) is 42.8 Å². The molecule has 4 rings (SSSR count). The summed E-state index contributed by atoms with van der Waals surface area (Å²) in [6, 6.07) is 8.66. The van der Waals surface area contributed by atoms with Gasteiger partial charge < -0.3 is 16.0 Å². The van der Waals surface area contributed by atoms with Gasteiger partial charge in [-0.15, -0.1) is 15.0 Å². The van der Waals surface area contributed by atoms with Gasteiger partial charge in [0.25, 0.3) is 11.8 Å². The molecule has 32 heavy (non-hydrogen) atoms. The fourth-order valence-electron chi connectivity index (χ4n) is 3.27. The van der Waals surface area contributed by atoms with Crippen LogP contribution in [0.25, 0.3) is 5.69 Å². The molecule has 2 aromatic carbocycles. The number of hydrogen-bond acceptors (Lipinski definition) is 5. The lowest BCUT2D eigenvalue weighted by Gasteiger charge is -2.15. The number of nitrogens with zero attached hydrogens (tertiary/aromatic N) is 4. The molecule has 1 saturated heterocycles. The van der Waals surface area contributed by atoms with E-state index in [0.717, 1.165) is 10.9 Å². The first-order chi connectivity index (χ1) is 15.2. The Morgan fingerprint density at radius 1 is 1.12 bits per heavy atom. The Hall–Kier alpha value is -3.24. The van der Waals surface area contributed by atoms with Gasteiger partial charge >= 0.3 is 0 Å². The second kappa shape index (κ2) is 8.71. The maximum atomic E-state index is 13.9. The van der Waals surface area contributed by atoms with Crippen molar-refractivity contribution in [3.8, 4) is 5.69 Å². The van der Waals surface area contributed by atoms with Crippen LogP contribution in [0.1, 0.15) is 27.3 Å². The Kier molecular flexibility index (Phi) is 5.98. The first-order valence-electron chi connectivity index (χ1n) is 9.46. The normalized spacial score (nSPS) is 15.8. The Balaban J connectivity index is 1.60. The van der Waals surface area contributed by atoms with Gasteiger partial charge in [-0.25, -0.2) is 8.78 Å². The van der Waals surface area contributed by atoms with Crippen molar-refractivity contribution in [3.63, 3.8) is 0 Å². The highest BCUT2D eigenvalue weighted by Crippen LogP contribution is 2.31. The lowest BCUT2D eigenvalue weighted by atomic mass is 10.2. The SMILES string of the molecule is NC(=O)c1nn(-c2c(Cl)ccc(F)c2Cl)nc1Nc1ccc(C(=O)N2CC[C@@H](F)C2)cc1. The number of nitrogens with one attached hydrogen (secondary N) is 1. The first kappa shape index (κ1) is 22.0. The predicted molar refractivity (Wildman–Crippen MR) is 115 cm³/mol. The molecule has 8 nitrogen and oxygen atoms in total. The number of alkyl halides is 1. The molecule has 2 heterocycles. The lowest BCUT2D eigenvalue weighted by Crippen LogP contribution is -2.28. The van der Waals surface area contributed by atoms with Crippen molar-refractivity contribution in [2.24, 2.45) is 5.73 Å². The standard InChI is InChI=1S/C20H16Cl2F2N6O2/c21-13-5-6-14(24)15(22)17(13)30-27-16(18(25)31)19(28-30)26-12-3-1-10(2-4-12)20(32)29-8-7-11(23)9-29/h1-6,11H,7-9H2,(H2,25,31)(H,26,28)/t11-/m1/s1. The van der Waals surface area contributed by atoms with E-state index in [-0.39, 0.29) is 39.7 Å². The van der Waals surface area contributed by atoms with Crippen molar-refractivity contribution < 1.29 is 18.4 Å². The zero-order chi connectivity index (χ0) is 23.0. The minimum atomic E-state index is -1.00. The summed E-state index contributed by atoms with van der Waals surface area (Å²) in [5, 5.41) is 10.7. The molecule has 2 amide bonds. The summed E-state index contributed by atoms with van der Waals surface area (Å²) in [5.41, 5.74) is 5.97. The highest BCUT2D eigenvalue weighted by Gasteiger charge is 2.26. The smallest absolute Gasteiger partial charge is 0.273 e. The number of primary amides is 1. The zero-order valence-corrected chi connectivity index (χ0v) is 17.9. The topological polar surface area (TPSA) is 106 Å². The number of hydrogen-bond donors (Lipinski definition) is 2. The van der Waals surface area contributed by atoms with Gasteiger partial charge in [0.05, 0.1) is 11.6 Å². The van der Waals surface area contributed by atoms with Crippen molar-refractivity contribution in [2.45, 2.75) is 12.6 Å². The van der Waals surface area contributed by atoms with Crippen LogP contribution in [0.5, 0.6) is 0 Å². The number of aromatic nitrogens is 3. The summed E-state index contributed by atoms with van der Waals surface area (Å²) >= 11 is 12.1. The molecule has 3 aromatic rings. The maximum absolute atomic E-state index is 13.9. The van der Waals surface area contributed by atoms with Crippen LogP contribution in [0.3, 0.4) is 0 Å². The van der Waals surface area contributed by atoms with E-state index in [9.17, 15) is 18.4 Å². The van der Waals surface area contributed by atoms with E-state index in [1.807, 2.05) is 0 Å². The Labute approximate surface area is 190 Å². The van der Waals surface area contributed by atoms with Crippen molar-refractivity contribution in [2.75, 3.05) is 18.4 Å². The molecule has 1 atom stereocenters. The number of rotatable bonds is 5. The molecule has 0 radical (unpaired) electrons. The average Bonchev–Trinajstić information content (AvgIpc) is 3.38. The van der Waals surface area contributed by atoms with Crippen LogP contribution in [0, 0.1) is 5.82 Å². The van der Waals surface area contributed by atoms with Gasteiger partial charge in [0.2, 0.25) is 0 Å². The molecule has 0 spiro atoms. The van der Waals surface area contributed by atoms with Gasteiger partial charge in [-0.1, -0.05) is 23.2 Å². The first-order valence-corrected chi connectivity index (χ1v) is 10.2. The monoisotopic (exact) mass is 480 g/mol. The summed E-state index contributed by atoms with van der Waals surface area (Å²) in [7, 11) is 0. The Morgan fingerprint density at radius 2 is 1.84 bits per heavy atom. The molecular weight excluding hydrogens is 465 g/mol. The lowest BCUT2D eigenvalue weighted by molar-refractivity contribution is 0.0782. The molecule has 1 fully saturated rings. The third kappa shape index (κ3) is 4.23. The van der Waals surface area contributed by atoms with Crippen molar-refractivity contribution >= 4 is 46.5 Å². The molecule has 0 unspecified atom stereocenters. The van der Waals surface area contributed by atoms with Gasteiger partial charge in [0.15, 0.2) is 11.5 Å². The van der Waals surface area contributed by atoms with Crippen LogP contribution in [0.4, 0.5) is 20.3 Å². The highest BCUT2D eigenvalue weighted by molar-refractivity contribution is 6.37. The van der Waals surface area contributed by atoms with Crippen LogP contribution in [0.2, 0.25) is 10.0 Å². The number of carbonyl (C=O) groups is 2. The number of anilines is 2. The van der Waals surface area contributed by atoms with E-state index in [1.54, 1.807) is 24.3 Å². The number of benzene rings is 2. The van der Waals surface area contributed by atoms with E-state index >= 15 is 0 Å². The summed E-state index contributed by atoms with van der Waals surface area (Å²) in [6.45, 7) is 0.450. The molecule has 166 valence electrons. The quantitative estimate of drug-likeness (QED) is 0.541. The molecule has 0 bridgehead atoms. The van der Waals surface area contributed by atoms with Gasteiger partial charge in [-0.3, -0.25) is 9.59 Å². The third-order valence-electron chi connectivity index (χ3n) is 4.88. The van der Waals surface area contributed by atoms with Crippen LogP contribution in [-0.4, -0.2) is 51.0 Å². The Morgan fingerprint density at radius 3 is 2.47 bits per heavy atom. The van der Waals surface area contributed by atoms with Crippen LogP contribution >= 0.6 is 23.2 Å². The van der Waals surface area contributed by atoms with E-state index in [2.05, 4.69) is 15.5 Å². The fourth-order valence-corrected chi connectivity index (χ4v) is 3.80.